The molecule has 5 heteroatoms. The van der Waals surface area contributed by atoms with E-state index in [2.05, 4.69) is 12.3 Å². The molecular weight excluding hydrogens is 208 g/mol. The first-order valence-corrected chi connectivity index (χ1v) is 5.37. The van der Waals surface area contributed by atoms with Gasteiger partial charge < -0.3 is 9.15 Å². The van der Waals surface area contributed by atoms with Crippen LogP contribution in [0.2, 0.25) is 0 Å². The van der Waals surface area contributed by atoms with E-state index >= 15 is 0 Å². The van der Waals surface area contributed by atoms with Crippen molar-refractivity contribution >= 4 is 5.91 Å². The van der Waals surface area contributed by atoms with Crippen molar-refractivity contribution in [2.24, 2.45) is 5.84 Å². The summed E-state index contributed by atoms with van der Waals surface area (Å²) in [5, 5.41) is 0. The zero-order valence-corrected chi connectivity index (χ0v) is 9.71. The van der Waals surface area contributed by atoms with Gasteiger partial charge in [-0.1, -0.05) is 13.3 Å². The molecule has 0 aromatic carbocycles. The lowest BCUT2D eigenvalue weighted by atomic mass is 10.2. The fourth-order valence-corrected chi connectivity index (χ4v) is 1.34. The maximum absolute atomic E-state index is 11.3. The van der Waals surface area contributed by atoms with Crippen LogP contribution in [0.3, 0.4) is 0 Å². The predicted molar refractivity (Wildman–Crippen MR) is 59.7 cm³/mol. The van der Waals surface area contributed by atoms with Crippen LogP contribution in [0.4, 0.5) is 0 Å². The van der Waals surface area contributed by atoms with Gasteiger partial charge in [0.2, 0.25) is 0 Å². The van der Waals surface area contributed by atoms with Crippen molar-refractivity contribution < 1.29 is 13.9 Å². The van der Waals surface area contributed by atoms with Crippen LogP contribution in [0.1, 0.15) is 41.6 Å². The summed E-state index contributed by atoms with van der Waals surface area (Å²) in [7, 11) is 0. The quantitative estimate of drug-likeness (QED) is 0.333. The number of rotatable bonds is 6. The van der Waals surface area contributed by atoms with E-state index in [-0.39, 0.29) is 5.91 Å². The van der Waals surface area contributed by atoms with E-state index in [9.17, 15) is 4.79 Å². The van der Waals surface area contributed by atoms with Crippen LogP contribution < -0.4 is 11.3 Å². The van der Waals surface area contributed by atoms with Crippen molar-refractivity contribution in [3.05, 3.63) is 23.2 Å². The molecule has 1 heterocycles. The van der Waals surface area contributed by atoms with Crippen molar-refractivity contribution in [1.29, 1.82) is 0 Å². The molecule has 5 nitrogen and oxygen atoms in total. The molecule has 1 aromatic rings. The first kappa shape index (κ1) is 12.7. The zero-order valence-electron chi connectivity index (χ0n) is 9.71. The molecule has 0 radical (unpaired) electrons. The fraction of sp³-hybridized carbons (Fsp3) is 0.545. The van der Waals surface area contributed by atoms with E-state index in [1.54, 1.807) is 13.0 Å². The minimum Gasteiger partial charge on any atom is -0.463 e. The highest BCUT2D eigenvalue weighted by atomic mass is 16.5. The third-order valence-electron chi connectivity index (χ3n) is 2.23. The van der Waals surface area contributed by atoms with Gasteiger partial charge in [0, 0.05) is 6.61 Å². The molecule has 0 fully saturated rings. The smallest absolute Gasteiger partial charge is 0.268 e. The van der Waals surface area contributed by atoms with Crippen LogP contribution in [-0.2, 0) is 11.3 Å². The van der Waals surface area contributed by atoms with Crippen LogP contribution in [0.15, 0.2) is 10.5 Å². The Labute approximate surface area is 94.9 Å². The highest BCUT2D eigenvalue weighted by molar-refractivity contribution is 5.94. The molecule has 0 aliphatic carbocycles. The topological polar surface area (TPSA) is 77.5 Å². The Morgan fingerprint density at radius 2 is 2.38 bits per heavy atom. The average Bonchev–Trinajstić information content (AvgIpc) is 2.65. The Kier molecular flexibility index (Phi) is 5.01. The van der Waals surface area contributed by atoms with Gasteiger partial charge in [0.1, 0.15) is 18.1 Å². The molecule has 0 saturated heterocycles. The SMILES string of the molecule is CCCCOCc1cc(C(=O)NN)c(C)o1. The Morgan fingerprint density at radius 1 is 1.62 bits per heavy atom. The van der Waals surface area contributed by atoms with Gasteiger partial charge in [-0.3, -0.25) is 10.2 Å². The second-order valence-corrected chi connectivity index (χ2v) is 3.56. The van der Waals surface area contributed by atoms with Crippen LogP contribution in [0.5, 0.6) is 0 Å². The first-order valence-electron chi connectivity index (χ1n) is 5.37. The van der Waals surface area contributed by atoms with E-state index < -0.39 is 0 Å². The van der Waals surface area contributed by atoms with Crippen LogP contribution in [0, 0.1) is 6.92 Å². The molecule has 0 aliphatic heterocycles. The van der Waals surface area contributed by atoms with Gasteiger partial charge in [-0.25, -0.2) is 5.84 Å². The Balaban J connectivity index is 2.52. The number of carbonyl (C=O) groups is 1. The van der Waals surface area contributed by atoms with Gasteiger partial charge in [0.25, 0.3) is 5.91 Å². The lowest BCUT2D eigenvalue weighted by Gasteiger charge is -1.99. The van der Waals surface area contributed by atoms with Gasteiger partial charge in [-0.05, 0) is 19.4 Å². The number of ether oxygens (including phenoxy) is 1. The molecule has 0 bridgehead atoms. The minimum absolute atomic E-state index is 0.346. The zero-order chi connectivity index (χ0) is 12.0. The highest BCUT2D eigenvalue weighted by Crippen LogP contribution is 2.15. The summed E-state index contributed by atoms with van der Waals surface area (Å²) in [6.45, 7) is 4.91. The monoisotopic (exact) mass is 226 g/mol. The number of hydrogen-bond donors (Lipinski definition) is 2. The molecule has 3 N–H and O–H groups in total. The number of unbranched alkanes of at least 4 members (excludes halogenated alkanes) is 1. The number of nitrogens with two attached hydrogens (primary N) is 1. The average molecular weight is 226 g/mol. The molecule has 0 spiro atoms. The fourth-order valence-electron chi connectivity index (χ4n) is 1.34. The molecular formula is C11H18N2O3. The molecule has 1 aromatic heterocycles. The summed E-state index contributed by atoms with van der Waals surface area (Å²) < 4.78 is 10.8. The van der Waals surface area contributed by atoms with Gasteiger partial charge >= 0.3 is 0 Å². The summed E-state index contributed by atoms with van der Waals surface area (Å²) in [6, 6.07) is 1.66. The maximum Gasteiger partial charge on any atom is 0.268 e. The molecule has 0 saturated carbocycles. The lowest BCUT2D eigenvalue weighted by molar-refractivity contribution is 0.0952. The van der Waals surface area contributed by atoms with Crippen LogP contribution in [-0.4, -0.2) is 12.5 Å². The number of carbonyl (C=O) groups excluding carboxylic acids is 1. The van der Waals surface area contributed by atoms with E-state index in [4.69, 9.17) is 15.0 Å². The number of amides is 1. The Morgan fingerprint density at radius 3 is 3.00 bits per heavy atom. The van der Waals surface area contributed by atoms with Gasteiger partial charge in [0.15, 0.2) is 0 Å². The number of nitrogens with one attached hydrogen (secondary N) is 1. The maximum atomic E-state index is 11.3. The van der Waals surface area contributed by atoms with E-state index in [0.717, 1.165) is 12.8 Å². The molecule has 0 atom stereocenters. The normalized spacial score (nSPS) is 10.4. The van der Waals surface area contributed by atoms with Gasteiger partial charge in [0.05, 0.1) is 5.56 Å². The Bertz CT molecular complexity index is 347. The molecule has 90 valence electrons. The number of hydrazine groups is 1. The van der Waals surface area contributed by atoms with Gasteiger partial charge in [-0.2, -0.15) is 0 Å². The molecule has 16 heavy (non-hydrogen) atoms. The lowest BCUT2D eigenvalue weighted by Crippen LogP contribution is -2.30. The van der Waals surface area contributed by atoms with Crippen LogP contribution >= 0.6 is 0 Å². The third kappa shape index (κ3) is 3.36. The summed E-state index contributed by atoms with van der Waals surface area (Å²) >= 11 is 0. The van der Waals surface area contributed by atoms with Gasteiger partial charge in [-0.15, -0.1) is 0 Å². The standard InChI is InChI=1S/C11H18N2O3/c1-3-4-5-15-7-9-6-10(8(2)16-9)11(14)13-12/h6H,3-5,7,12H2,1-2H3,(H,13,14). The first-order chi connectivity index (χ1) is 7.69. The van der Waals surface area contributed by atoms with E-state index in [1.165, 1.54) is 0 Å². The highest BCUT2D eigenvalue weighted by Gasteiger charge is 2.13. The summed E-state index contributed by atoms with van der Waals surface area (Å²) in [5.41, 5.74) is 2.53. The molecule has 1 amide bonds. The third-order valence-corrected chi connectivity index (χ3v) is 2.23. The van der Waals surface area contributed by atoms with Crippen molar-refractivity contribution in [2.45, 2.75) is 33.3 Å². The second kappa shape index (κ2) is 6.30. The van der Waals surface area contributed by atoms with Crippen molar-refractivity contribution in [3.63, 3.8) is 0 Å². The van der Waals surface area contributed by atoms with Crippen molar-refractivity contribution in [3.8, 4) is 0 Å². The second-order valence-electron chi connectivity index (χ2n) is 3.56. The molecule has 0 unspecified atom stereocenters. The van der Waals surface area contributed by atoms with Crippen LogP contribution in [0.25, 0.3) is 0 Å². The van der Waals surface area contributed by atoms with Crippen molar-refractivity contribution in [1.82, 2.24) is 5.43 Å². The molecule has 0 aliphatic rings. The molecule has 1 rings (SSSR count). The van der Waals surface area contributed by atoms with E-state index in [1.807, 2.05) is 0 Å². The van der Waals surface area contributed by atoms with E-state index in [0.29, 0.717) is 30.3 Å². The van der Waals surface area contributed by atoms with Crippen molar-refractivity contribution in [2.75, 3.05) is 6.61 Å². The largest absolute Gasteiger partial charge is 0.463 e. The number of furan rings is 1. The minimum atomic E-state index is -0.346. The Hall–Kier alpha value is -1.33. The summed E-state index contributed by atoms with van der Waals surface area (Å²) in [4.78, 5) is 11.3. The number of hydrogen-bond acceptors (Lipinski definition) is 4. The predicted octanol–water partition coefficient (Wildman–Crippen LogP) is 1.51. The summed E-state index contributed by atoms with van der Waals surface area (Å²) in [5.74, 6) is 5.90. The summed E-state index contributed by atoms with van der Waals surface area (Å²) in [6.07, 6.45) is 2.12. The number of nitrogen functional groups attached to an aromatic ring is 1. The number of aryl methyl sites for hydroxylation is 1.